The van der Waals surface area contributed by atoms with Gasteiger partial charge >= 0.3 is 0 Å². The van der Waals surface area contributed by atoms with E-state index in [-0.39, 0.29) is 30.8 Å². The molecule has 3 aromatic rings. The van der Waals surface area contributed by atoms with Gasteiger partial charge in [-0.3, -0.25) is 9.59 Å². The Bertz CT molecular complexity index is 1100. The van der Waals surface area contributed by atoms with Crippen molar-refractivity contribution in [3.05, 3.63) is 101 Å². The van der Waals surface area contributed by atoms with E-state index in [0.717, 1.165) is 16.7 Å². The monoisotopic (exact) mass is 478 g/mol. The molecular weight excluding hydrogens is 448 g/mol. The van der Waals surface area contributed by atoms with Crippen LogP contribution in [0.25, 0.3) is 0 Å². The molecule has 2 amide bonds. The van der Waals surface area contributed by atoms with Crippen LogP contribution in [0.5, 0.6) is 5.75 Å². The summed E-state index contributed by atoms with van der Waals surface area (Å²) in [6.45, 7) is 4.11. The first-order valence-electron chi connectivity index (χ1n) is 11.4. The molecule has 3 rings (SSSR count). The number of halogens is 1. The highest BCUT2D eigenvalue weighted by atomic mass is 35.5. The first-order valence-corrected chi connectivity index (χ1v) is 11.7. The molecule has 1 atom stereocenters. The molecular formula is C28H31ClN2O3. The van der Waals surface area contributed by atoms with Crippen LogP contribution in [0.1, 0.15) is 30.5 Å². The van der Waals surface area contributed by atoms with E-state index in [1.54, 1.807) is 24.1 Å². The normalized spacial score (nSPS) is 11.7. The van der Waals surface area contributed by atoms with Gasteiger partial charge in [-0.2, -0.15) is 0 Å². The summed E-state index contributed by atoms with van der Waals surface area (Å²) in [7, 11) is 1.61. The summed E-state index contributed by atoms with van der Waals surface area (Å²) in [5.74, 6) is 0.372. The molecule has 0 bridgehead atoms. The van der Waals surface area contributed by atoms with Gasteiger partial charge in [-0.25, -0.2) is 0 Å². The maximum Gasteiger partial charge on any atom is 0.243 e. The third-order valence-electron chi connectivity index (χ3n) is 5.43. The van der Waals surface area contributed by atoms with Crippen LogP contribution in [-0.4, -0.2) is 35.9 Å². The number of carbonyl (C=O) groups is 2. The highest BCUT2D eigenvalue weighted by Crippen LogP contribution is 2.20. The first-order chi connectivity index (χ1) is 16.4. The number of ether oxygens (including phenoxy) is 1. The van der Waals surface area contributed by atoms with Crippen LogP contribution < -0.4 is 10.1 Å². The minimum Gasteiger partial charge on any atom is -0.497 e. The number of nitrogens with one attached hydrogen (secondary N) is 1. The zero-order chi connectivity index (χ0) is 24.5. The van der Waals surface area contributed by atoms with Crippen molar-refractivity contribution >= 4 is 23.4 Å². The molecule has 0 aliphatic rings. The fourth-order valence-electron chi connectivity index (χ4n) is 3.83. The smallest absolute Gasteiger partial charge is 0.243 e. The average molecular weight is 479 g/mol. The largest absolute Gasteiger partial charge is 0.497 e. The van der Waals surface area contributed by atoms with Gasteiger partial charge in [-0.1, -0.05) is 66.2 Å². The van der Waals surface area contributed by atoms with E-state index in [4.69, 9.17) is 16.3 Å². The van der Waals surface area contributed by atoms with Crippen molar-refractivity contribution in [1.29, 1.82) is 0 Å². The van der Waals surface area contributed by atoms with Crippen molar-refractivity contribution in [2.45, 2.75) is 45.3 Å². The molecule has 0 radical (unpaired) electrons. The van der Waals surface area contributed by atoms with Crippen LogP contribution in [0.2, 0.25) is 5.02 Å². The van der Waals surface area contributed by atoms with Crippen LogP contribution in [-0.2, 0) is 29.0 Å². The van der Waals surface area contributed by atoms with Gasteiger partial charge in [-0.05, 0) is 54.8 Å². The number of rotatable bonds is 10. The Labute approximate surface area is 206 Å². The Morgan fingerprint density at radius 1 is 0.912 bits per heavy atom. The summed E-state index contributed by atoms with van der Waals surface area (Å²) in [4.78, 5) is 28.7. The molecule has 178 valence electrons. The number of carbonyl (C=O) groups excluding carboxylic acids is 2. The standard InChI is InChI=1S/C28H31ClN2O3/c1-20(2)30-28(33)26(17-21-9-5-4-6-10-21)31(19-23-12-8-14-25(16-23)34-3)27(32)18-22-11-7-13-24(29)15-22/h4-16,20,26H,17-19H2,1-3H3,(H,30,33). The van der Waals surface area contributed by atoms with Crippen LogP contribution in [0.3, 0.4) is 0 Å². The quantitative estimate of drug-likeness (QED) is 0.443. The lowest BCUT2D eigenvalue weighted by Gasteiger charge is -2.32. The molecule has 0 heterocycles. The van der Waals surface area contributed by atoms with Crippen molar-refractivity contribution in [1.82, 2.24) is 10.2 Å². The van der Waals surface area contributed by atoms with Gasteiger partial charge in [-0.15, -0.1) is 0 Å². The second-order valence-corrected chi connectivity index (χ2v) is 8.99. The Hall–Kier alpha value is -3.31. The Morgan fingerprint density at radius 2 is 1.59 bits per heavy atom. The van der Waals surface area contributed by atoms with Crippen molar-refractivity contribution < 1.29 is 14.3 Å². The van der Waals surface area contributed by atoms with E-state index in [0.29, 0.717) is 17.2 Å². The lowest BCUT2D eigenvalue weighted by Crippen LogP contribution is -2.52. The third-order valence-corrected chi connectivity index (χ3v) is 5.67. The van der Waals surface area contributed by atoms with Crippen LogP contribution in [0.4, 0.5) is 0 Å². The van der Waals surface area contributed by atoms with Crippen molar-refractivity contribution in [3.8, 4) is 5.75 Å². The minimum absolute atomic E-state index is 0.0486. The number of benzene rings is 3. The van der Waals surface area contributed by atoms with E-state index in [2.05, 4.69) is 5.32 Å². The Balaban J connectivity index is 1.98. The highest BCUT2D eigenvalue weighted by molar-refractivity contribution is 6.30. The van der Waals surface area contributed by atoms with Gasteiger partial charge in [0.05, 0.1) is 13.5 Å². The SMILES string of the molecule is COc1cccc(CN(C(=O)Cc2cccc(Cl)c2)C(Cc2ccccc2)C(=O)NC(C)C)c1. The topological polar surface area (TPSA) is 58.6 Å². The predicted octanol–water partition coefficient (Wildman–Crippen LogP) is 5.06. The zero-order valence-corrected chi connectivity index (χ0v) is 20.6. The maximum atomic E-state index is 13.7. The summed E-state index contributed by atoms with van der Waals surface area (Å²) in [6.07, 6.45) is 0.551. The molecule has 0 spiro atoms. The minimum atomic E-state index is -0.678. The van der Waals surface area contributed by atoms with Crippen LogP contribution >= 0.6 is 11.6 Å². The number of methoxy groups -OCH3 is 1. The van der Waals surface area contributed by atoms with Gasteiger partial charge in [0, 0.05) is 24.0 Å². The predicted molar refractivity (Wildman–Crippen MR) is 136 cm³/mol. The van der Waals surface area contributed by atoms with Crippen molar-refractivity contribution in [2.75, 3.05) is 7.11 Å². The fraction of sp³-hybridized carbons (Fsp3) is 0.286. The molecule has 34 heavy (non-hydrogen) atoms. The van der Waals surface area contributed by atoms with Crippen molar-refractivity contribution in [3.63, 3.8) is 0 Å². The third kappa shape index (κ3) is 7.35. The van der Waals surface area contributed by atoms with Gasteiger partial charge in [0.1, 0.15) is 11.8 Å². The summed E-state index contributed by atoms with van der Waals surface area (Å²) in [5.41, 5.74) is 2.67. The molecule has 6 heteroatoms. The summed E-state index contributed by atoms with van der Waals surface area (Å²) in [5, 5.41) is 3.57. The number of nitrogens with zero attached hydrogens (tertiary/aromatic N) is 1. The highest BCUT2D eigenvalue weighted by Gasteiger charge is 2.30. The molecule has 0 saturated carbocycles. The summed E-state index contributed by atoms with van der Waals surface area (Å²) < 4.78 is 5.36. The Morgan fingerprint density at radius 3 is 2.26 bits per heavy atom. The molecule has 0 aromatic heterocycles. The Kier molecular flexibility index (Phi) is 9.11. The number of amides is 2. The molecule has 1 unspecified atom stereocenters. The van der Waals surface area contributed by atoms with E-state index >= 15 is 0 Å². The molecule has 1 N–H and O–H groups in total. The van der Waals surface area contributed by atoms with Gasteiger partial charge < -0.3 is 15.0 Å². The number of hydrogen-bond acceptors (Lipinski definition) is 3. The molecule has 5 nitrogen and oxygen atoms in total. The van der Waals surface area contributed by atoms with E-state index in [1.165, 1.54) is 0 Å². The van der Waals surface area contributed by atoms with Gasteiger partial charge in [0.25, 0.3) is 0 Å². The van der Waals surface area contributed by atoms with E-state index in [9.17, 15) is 9.59 Å². The van der Waals surface area contributed by atoms with E-state index < -0.39 is 6.04 Å². The van der Waals surface area contributed by atoms with E-state index in [1.807, 2.05) is 80.6 Å². The second-order valence-electron chi connectivity index (χ2n) is 8.55. The van der Waals surface area contributed by atoms with Crippen LogP contribution in [0.15, 0.2) is 78.9 Å². The molecule has 0 aliphatic heterocycles. The molecule has 0 fully saturated rings. The lowest BCUT2D eigenvalue weighted by molar-refractivity contribution is -0.141. The fourth-order valence-corrected chi connectivity index (χ4v) is 4.04. The average Bonchev–Trinajstić information content (AvgIpc) is 2.81. The number of hydrogen-bond donors (Lipinski definition) is 1. The van der Waals surface area contributed by atoms with Crippen molar-refractivity contribution in [2.24, 2.45) is 0 Å². The molecule has 0 saturated heterocycles. The second kappa shape index (κ2) is 12.2. The summed E-state index contributed by atoms with van der Waals surface area (Å²) in [6, 6.07) is 23.8. The molecule has 0 aliphatic carbocycles. The van der Waals surface area contributed by atoms with Crippen LogP contribution in [0, 0.1) is 0 Å². The van der Waals surface area contributed by atoms with Gasteiger partial charge in [0.15, 0.2) is 0 Å². The molecule has 3 aromatic carbocycles. The first kappa shape index (κ1) is 25.3. The summed E-state index contributed by atoms with van der Waals surface area (Å²) >= 11 is 6.15. The zero-order valence-electron chi connectivity index (χ0n) is 19.8. The maximum absolute atomic E-state index is 13.7. The van der Waals surface area contributed by atoms with Gasteiger partial charge in [0.2, 0.25) is 11.8 Å². The lowest BCUT2D eigenvalue weighted by atomic mass is 10.0.